The molecule has 0 aliphatic heterocycles. The van der Waals surface area contributed by atoms with Crippen LogP contribution in [0.1, 0.15) is 37.9 Å². The van der Waals surface area contributed by atoms with E-state index >= 15 is 0 Å². The van der Waals surface area contributed by atoms with Gasteiger partial charge in [-0.2, -0.15) is 0 Å². The van der Waals surface area contributed by atoms with E-state index in [1.807, 2.05) is 25.1 Å². The zero-order valence-corrected chi connectivity index (χ0v) is 15.6. The predicted octanol–water partition coefficient (Wildman–Crippen LogP) is 5.23. The normalized spacial score (nSPS) is 12.2. The number of methoxy groups -OCH3 is 1. The highest BCUT2D eigenvalue weighted by molar-refractivity contribution is 6.32. The van der Waals surface area contributed by atoms with Crippen LogP contribution in [-0.2, 0) is 6.54 Å². The number of benzene rings is 2. The van der Waals surface area contributed by atoms with E-state index in [2.05, 4.69) is 43.4 Å². The van der Waals surface area contributed by atoms with Crippen LogP contribution in [0.5, 0.6) is 11.5 Å². The lowest BCUT2D eigenvalue weighted by Crippen LogP contribution is -2.25. The molecule has 24 heavy (non-hydrogen) atoms. The Morgan fingerprint density at radius 1 is 1.12 bits per heavy atom. The number of hydrogen-bond donors (Lipinski definition) is 1. The summed E-state index contributed by atoms with van der Waals surface area (Å²) in [5.41, 5.74) is 2.36. The Morgan fingerprint density at radius 2 is 1.83 bits per heavy atom. The van der Waals surface area contributed by atoms with Gasteiger partial charge in [0.05, 0.1) is 18.7 Å². The maximum atomic E-state index is 6.33. The molecule has 2 rings (SSSR count). The fraction of sp³-hybridized carbons (Fsp3) is 0.400. The lowest BCUT2D eigenvalue weighted by molar-refractivity contribution is 0.310. The van der Waals surface area contributed by atoms with Crippen molar-refractivity contribution in [2.24, 2.45) is 5.92 Å². The summed E-state index contributed by atoms with van der Waals surface area (Å²) in [7, 11) is 1.60. The summed E-state index contributed by atoms with van der Waals surface area (Å²) in [6, 6.07) is 14.7. The first-order chi connectivity index (χ1) is 11.6. The quantitative estimate of drug-likeness (QED) is 0.708. The van der Waals surface area contributed by atoms with Gasteiger partial charge in [-0.3, -0.25) is 0 Å². The third kappa shape index (κ3) is 4.65. The summed E-state index contributed by atoms with van der Waals surface area (Å²) in [5, 5.41) is 4.20. The minimum Gasteiger partial charge on any atom is -0.491 e. The molecule has 0 radical (unpaired) electrons. The first-order valence-electron chi connectivity index (χ1n) is 8.34. The average molecular weight is 348 g/mol. The molecule has 0 aliphatic rings. The fourth-order valence-electron chi connectivity index (χ4n) is 2.81. The number of rotatable bonds is 8. The standard InChI is InChI=1S/C20H26ClNO2/c1-5-24-18-12-15(11-17(21)20(18)23-4)13-22-19(14(2)3)16-9-7-6-8-10-16/h6-12,14,19,22H,5,13H2,1-4H3. The van der Waals surface area contributed by atoms with Crippen LogP contribution in [0.4, 0.5) is 0 Å². The monoisotopic (exact) mass is 347 g/mol. The molecule has 130 valence electrons. The third-order valence-electron chi connectivity index (χ3n) is 3.92. The summed E-state index contributed by atoms with van der Waals surface area (Å²) in [4.78, 5) is 0. The van der Waals surface area contributed by atoms with Crippen LogP contribution in [0.25, 0.3) is 0 Å². The fourth-order valence-corrected chi connectivity index (χ4v) is 3.12. The summed E-state index contributed by atoms with van der Waals surface area (Å²) >= 11 is 6.33. The molecule has 2 aromatic rings. The molecule has 2 aromatic carbocycles. The predicted molar refractivity (Wildman–Crippen MR) is 100 cm³/mol. The Bertz CT molecular complexity index is 644. The maximum absolute atomic E-state index is 6.33. The van der Waals surface area contributed by atoms with Gasteiger partial charge in [0, 0.05) is 12.6 Å². The van der Waals surface area contributed by atoms with Crippen LogP contribution in [0, 0.1) is 5.92 Å². The molecule has 0 amide bonds. The number of hydrogen-bond acceptors (Lipinski definition) is 3. The molecular weight excluding hydrogens is 322 g/mol. The molecule has 3 nitrogen and oxygen atoms in total. The minimum atomic E-state index is 0.280. The van der Waals surface area contributed by atoms with Gasteiger partial charge in [0.2, 0.25) is 0 Å². The highest BCUT2D eigenvalue weighted by Crippen LogP contribution is 2.36. The van der Waals surface area contributed by atoms with Gasteiger partial charge < -0.3 is 14.8 Å². The second-order valence-electron chi connectivity index (χ2n) is 6.06. The van der Waals surface area contributed by atoms with Gasteiger partial charge in [0.15, 0.2) is 11.5 Å². The summed E-state index contributed by atoms with van der Waals surface area (Å²) < 4.78 is 11.0. The Labute approximate surface area is 149 Å². The van der Waals surface area contributed by atoms with Gasteiger partial charge in [0.1, 0.15) is 0 Å². The summed E-state index contributed by atoms with van der Waals surface area (Å²) in [5.74, 6) is 1.75. The van der Waals surface area contributed by atoms with Crippen molar-refractivity contribution in [3.05, 3.63) is 58.6 Å². The molecule has 0 spiro atoms. The van der Waals surface area contributed by atoms with E-state index in [0.29, 0.717) is 35.6 Å². The lowest BCUT2D eigenvalue weighted by Gasteiger charge is -2.23. The minimum absolute atomic E-state index is 0.280. The van der Waals surface area contributed by atoms with E-state index in [9.17, 15) is 0 Å². The molecule has 0 fully saturated rings. The van der Waals surface area contributed by atoms with E-state index in [-0.39, 0.29) is 6.04 Å². The Balaban J connectivity index is 2.18. The largest absolute Gasteiger partial charge is 0.491 e. The first kappa shape index (κ1) is 18.6. The highest BCUT2D eigenvalue weighted by Gasteiger charge is 2.16. The van der Waals surface area contributed by atoms with E-state index in [1.54, 1.807) is 7.11 Å². The Morgan fingerprint density at radius 3 is 2.42 bits per heavy atom. The van der Waals surface area contributed by atoms with E-state index in [1.165, 1.54) is 5.56 Å². The van der Waals surface area contributed by atoms with Gasteiger partial charge in [0.25, 0.3) is 0 Å². The van der Waals surface area contributed by atoms with Gasteiger partial charge in [-0.15, -0.1) is 0 Å². The van der Waals surface area contributed by atoms with Crippen LogP contribution in [0.15, 0.2) is 42.5 Å². The maximum Gasteiger partial charge on any atom is 0.179 e. The van der Waals surface area contributed by atoms with Crippen LogP contribution in [0.2, 0.25) is 5.02 Å². The van der Waals surface area contributed by atoms with E-state index in [0.717, 1.165) is 5.56 Å². The van der Waals surface area contributed by atoms with Crippen LogP contribution in [-0.4, -0.2) is 13.7 Å². The molecule has 1 unspecified atom stereocenters. The second-order valence-corrected chi connectivity index (χ2v) is 6.46. The number of halogens is 1. The topological polar surface area (TPSA) is 30.5 Å². The summed E-state index contributed by atoms with van der Waals surface area (Å²) in [6.45, 7) is 7.67. The average Bonchev–Trinajstić information content (AvgIpc) is 2.56. The van der Waals surface area contributed by atoms with Gasteiger partial charge in [-0.05, 0) is 36.1 Å². The zero-order chi connectivity index (χ0) is 17.5. The smallest absolute Gasteiger partial charge is 0.179 e. The lowest BCUT2D eigenvalue weighted by atomic mass is 9.96. The van der Waals surface area contributed by atoms with E-state index in [4.69, 9.17) is 21.1 Å². The van der Waals surface area contributed by atoms with E-state index < -0.39 is 0 Å². The molecule has 0 heterocycles. The van der Waals surface area contributed by atoms with Crippen molar-refractivity contribution >= 4 is 11.6 Å². The van der Waals surface area contributed by atoms with Crippen molar-refractivity contribution < 1.29 is 9.47 Å². The van der Waals surface area contributed by atoms with Crippen molar-refractivity contribution in [3.8, 4) is 11.5 Å². The van der Waals surface area contributed by atoms with Crippen molar-refractivity contribution in [2.45, 2.75) is 33.4 Å². The van der Waals surface area contributed by atoms with Crippen molar-refractivity contribution in [2.75, 3.05) is 13.7 Å². The van der Waals surface area contributed by atoms with Crippen LogP contribution < -0.4 is 14.8 Å². The molecule has 0 saturated carbocycles. The zero-order valence-electron chi connectivity index (χ0n) is 14.8. The van der Waals surface area contributed by atoms with Crippen molar-refractivity contribution in [1.29, 1.82) is 0 Å². The van der Waals surface area contributed by atoms with Gasteiger partial charge >= 0.3 is 0 Å². The molecular formula is C20H26ClNO2. The van der Waals surface area contributed by atoms with Crippen molar-refractivity contribution in [3.63, 3.8) is 0 Å². The van der Waals surface area contributed by atoms with Crippen LogP contribution >= 0.6 is 11.6 Å². The van der Waals surface area contributed by atoms with Crippen molar-refractivity contribution in [1.82, 2.24) is 5.32 Å². The number of ether oxygens (including phenoxy) is 2. The molecule has 1 atom stereocenters. The Hall–Kier alpha value is -1.71. The molecule has 0 aromatic heterocycles. The first-order valence-corrected chi connectivity index (χ1v) is 8.72. The third-order valence-corrected chi connectivity index (χ3v) is 4.21. The van der Waals surface area contributed by atoms with Gasteiger partial charge in [-0.25, -0.2) is 0 Å². The Kier molecular flexibility index (Phi) is 6.95. The summed E-state index contributed by atoms with van der Waals surface area (Å²) in [6.07, 6.45) is 0. The number of nitrogens with one attached hydrogen (secondary N) is 1. The molecule has 4 heteroatoms. The molecule has 0 aliphatic carbocycles. The highest BCUT2D eigenvalue weighted by atomic mass is 35.5. The SMILES string of the molecule is CCOc1cc(CNC(c2ccccc2)C(C)C)cc(Cl)c1OC. The molecule has 0 bridgehead atoms. The second kappa shape index (κ2) is 8.95. The molecule has 0 saturated heterocycles. The van der Waals surface area contributed by atoms with Gasteiger partial charge in [-0.1, -0.05) is 55.8 Å². The molecule has 1 N–H and O–H groups in total. The van der Waals surface area contributed by atoms with Crippen LogP contribution in [0.3, 0.4) is 0 Å².